The molecule has 1 aromatic rings. The van der Waals surface area contributed by atoms with Gasteiger partial charge < -0.3 is 5.32 Å². The molecule has 0 atom stereocenters. The molecule has 1 saturated carbocycles. The van der Waals surface area contributed by atoms with Crippen LogP contribution in [-0.4, -0.2) is 12.2 Å². The van der Waals surface area contributed by atoms with Crippen LogP contribution < -0.4 is 5.32 Å². The van der Waals surface area contributed by atoms with Crippen molar-refractivity contribution in [2.45, 2.75) is 44.4 Å². The Kier molecular flexibility index (Phi) is 5.37. The van der Waals surface area contributed by atoms with Gasteiger partial charge in [0.2, 0.25) is 0 Å². The molecule has 0 heterocycles. The Morgan fingerprint density at radius 2 is 1.85 bits per heavy atom. The molecule has 0 unspecified atom stereocenters. The first-order valence-corrected chi connectivity index (χ1v) is 7.77. The number of hydrogen-bond acceptors (Lipinski definition) is 1. The minimum absolute atomic E-state index is 0.152. The van der Waals surface area contributed by atoms with E-state index < -0.39 is 12.1 Å². The van der Waals surface area contributed by atoms with Crippen LogP contribution in [0.5, 0.6) is 0 Å². The standard InChI is InChI=1S/C14H16BrClF3N/c15-13-6-3-11(16)7-9(13)8-20-12-4-1-10(2-5-12)14(17,18)19/h3,6-7,10,12,20H,1-2,4-5,8H2. The van der Waals surface area contributed by atoms with Crippen LogP contribution in [0.1, 0.15) is 31.2 Å². The summed E-state index contributed by atoms with van der Waals surface area (Å²) in [6, 6.07) is 5.68. The van der Waals surface area contributed by atoms with Gasteiger partial charge in [0.05, 0.1) is 5.92 Å². The molecule has 0 aromatic heterocycles. The van der Waals surface area contributed by atoms with Gasteiger partial charge >= 0.3 is 6.18 Å². The second kappa shape index (κ2) is 6.67. The molecule has 1 fully saturated rings. The lowest BCUT2D eigenvalue weighted by Gasteiger charge is -2.30. The van der Waals surface area contributed by atoms with Crippen molar-refractivity contribution < 1.29 is 13.2 Å². The highest BCUT2D eigenvalue weighted by molar-refractivity contribution is 9.10. The number of nitrogens with one attached hydrogen (secondary N) is 1. The molecule has 0 spiro atoms. The molecule has 112 valence electrons. The van der Waals surface area contributed by atoms with E-state index in [1.54, 1.807) is 6.07 Å². The summed E-state index contributed by atoms with van der Waals surface area (Å²) < 4.78 is 38.7. The van der Waals surface area contributed by atoms with Crippen LogP contribution in [0.25, 0.3) is 0 Å². The zero-order valence-corrected chi connectivity index (χ0v) is 13.2. The van der Waals surface area contributed by atoms with E-state index >= 15 is 0 Å². The second-order valence-electron chi connectivity index (χ2n) is 5.21. The predicted octanol–water partition coefficient (Wildman–Crippen LogP) is 5.31. The molecule has 0 aliphatic heterocycles. The van der Waals surface area contributed by atoms with Crippen LogP contribution in [-0.2, 0) is 6.54 Å². The second-order valence-corrected chi connectivity index (χ2v) is 6.50. The van der Waals surface area contributed by atoms with Crippen molar-refractivity contribution in [2.75, 3.05) is 0 Å². The van der Waals surface area contributed by atoms with Gasteiger partial charge in [-0.2, -0.15) is 13.2 Å². The van der Waals surface area contributed by atoms with E-state index in [1.165, 1.54) is 0 Å². The van der Waals surface area contributed by atoms with Crippen molar-refractivity contribution in [1.82, 2.24) is 5.32 Å². The Hall–Kier alpha value is -0.260. The van der Waals surface area contributed by atoms with Gasteiger partial charge in [-0.05, 0) is 49.4 Å². The zero-order valence-electron chi connectivity index (χ0n) is 10.8. The molecule has 2 rings (SSSR count). The Morgan fingerprint density at radius 3 is 2.45 bits per heavy atom. The maximum atomic E-state index is 12.6. The summed E-state index contributed by atoms with van der Waals surface area (Å²) in [5, 5.41) is 3.98. The molecule has 1 N–H and O–H groups in total. The van der Waals surface area contributed by atoms with E-state index in [0.29, 0.717) is 24.4 Å². The van der Waals surface area contributed by atoms with E-state index in [1.807, 2.05) is 12.1 Å². The normalized spacial score (nSPS) is 23.9. The average molecular weight is 371 g/mol. The predicted molar refractivity (Wildman–Crippen MR) is 77.8 cm³/mol. The van der Waals surface area contributed by atoms with Crippen LogP contribution in [0.4, 0.5) is 13.2 Å². The Balaban J connectivity index is 1.83. The molecule has 6 heteroatoms. The first-order chi connectivity index (χ1) is 9.36. The summed E-state index contributed by atoms with van der Waals surface area (Å²) >= 11 is 9.38. The summed E-state index contributed by atoms with van der Waals surface area (Å²) in [4.78, 5) is 0. The van der Waals surface area contributed by atoms with Gasteiger partial charge in [-0.15, -0.1) is 0 Å². The minimum Gasteiger partial charge on any atom is -0.310 e. The number of hydrogen-bond donors (Lipinski definition) is 1. The van der Waals surface area contributed by atoms with Gasteiger partial charge in [0.15, 0.2) is 0 Å². The number of benzene rings is 1. The maximum absolute atomic E-state index is 12.6. The highest BCUT2D eigenvalue weighted by atomic mass is 79.9. The van der Waals surface area contributed by atoms with E-state index in [2.05, 4.69) is 21.2 Å². The van der Waals surface area contributed by atoms with Crippen LogP contribution in [0.2, 0.25) is 5.02 Å². The molecule has 1 nitrogen and oxygen atoms in total. The van der Waals surface area contributed by atoms with Gasteiger partial charge in [-0.3, -0.25) is 0 Å². The summed E-state index contributed by atoms with van der Waals surface area (Å²) in [6.45, 7) is 0.614. The number of halogens is 5. The minimum atomic E-state index is -4.04. The smallest absolute Gasteiger partial charge is 0.310 e. The third-order valence-corrected chi connectivity index (χ3v) is 4.79. The molecule has 0 radical (unpaired) electrons. The zero-order chi connectivity index (χ0) is 14.8. The number of alkyl halides is 3. The number of rotatable bonds is 3. The van der Waals surface area contributed by atoms with E-state index in [-0.39, 0.29) is 18.9 Å². The first-order valence-electron chi connectivity index (χ1n) is 6.60. The molecule has 20 heavy (non-hydrogen) atoms. The summed E-state index contributed by atoms with van der Waals surface area (Å²) in [5.74, 6) is -1.13. The third-order valence-electron chi connectivity index (χ3n) is 3.78. The molecule has 1 aliphatic rings. The Bertz CT molecular complexity index is 456. The van der Waals surface area contributed by atoms with Crippen LogP contribution in [0.15, 0.2) is 22.7 Å². The third kappa shape index (κ3) is 4.37. The van der Waals surface area contributed by atoms with Gasteiger partial charge in [-0.1, -0.05) is 27.5 Å². The Morgan fingerprint density at radius 1 is 1.20 bits per heavy atom. The van der Waals surface area contributed by atoms with E-state index in [0.717, 1.165) is 10.0 Å². The summed E-state index contributed by atoms with van der Waals surface area (Å²) in [7, 11) is 0. The fraction of sp³-hybridized carbons (Fsp3) is 0.571. The Labute approximate surface area is 130 Å². The van der Waals surface area contributed by atoms with Crippen molar-refractivity contribution >= 4 is 27.5 Å². The van der Waals surface area contributed by atoms with E-state index in [9.17, 15) is 13.2 Å². The first kappa shape index (κ1) is 16.1. The van der Waals surface area contributed by atoms with Crippen molar-refractivity contribution in [3.8, 4) is 0 Å². The molecular weight excluding hydrogens is 355 g/mol. The van der Waals surface area contributed by atoms with Crippen LogP contribution in [0, 0.1) is 5.92 Å². The quantitative estimate of drug-likeness (QED) is 0.760. The van der Waals surface area contributed by atoms with Crippen molar-refractivity contribution in [2.24, 2.45) is 5.92 Å². The molecule has 1 aromatic carbocycles. The molecule has 1 aliphatic carbocycles. The summed E-state index contributed by atoms with van der Waals surface area (Å²) in [5.41, 5.74) is 1.02. The van der Waals surface area contributed by atoms with E-state index in [4.69, 9.17) is 11.6 Å². The highest BCUT2D eigenvalue weighted by Gasteiger charge is 2.41. The fourth-order valence-corrected chi connectivity index (χ4v) is 3.14. The maximum Gasteiger partial charge on any atom is 0.391 e. The summed E-state index contributed by atoms with van der Waals surface area (Å²) in [6.07, 6.45) is -2.46. The topological polar surface area (TPSA) is 12.0 Å². The molecule has 0 amide bonds. The van der Waals surface area contributed by atoms with Crippen molar-refractivity contribution in [3.05, 3.63) is 33.3 Å². The van der Waals surface area contributed by atoms with Crippen molar-refractivity contribution in [1.29, 1.82) is 0 Å². The molecular formula is C14H16BrClF3N. The lowest BCUT2D eigenvalue weighted by molar-refractivity contribution is -0.182. The largest absolute Gasteiger partial charge is 0.391 e. The van der Waals surface area contributed by atoms with Gasteiger partial charge in [0.25, 0.3) is 0 Å². The van der Waals surface area contributed by atoms with Gasteiger partial charge in [0, 0.05) is 22.1 Å². The lowest BCUT2D eigenvalue weighted by atomic mass is 9.85. The highest BCUT2D eigenvalue weighted by Crippen LogP contribution is 2.37. The molecule has 0 bridgehead atoms. The van der Waals surface area contributed by atoms with Crippen molar-refractivity contribution in [3.63, 3.8) is 0 Å². The molecule has 0 saturated heterocycles. The monoisotopic (exact) mass is 369 g/mol. The lowest BCUT2D eigenvalue weighted by Crippen LogP contribution is -2.36. The fourth-order valence-electron chi connectivity index (χ4n) is 2.56. The SMILES string of the molecule is FC(F)(F)C1CCC(NCc2cc(Cl)ccc2Br)CC1. The van der Waals surface area contributed by atoms with Gasteiger partial charge in [-0.25, -0.2) is 0 Å². The van der Waals surface area contributed by atoms with Gasteiger partial charge in [0.1, 0.15) is 0 Å². The van der Waals surface area contributed by atoms with Crippen LogP contribution in [0.3, 0.4) is 0 Å². The van der Waals surface area contributed by atoms with Crippen LogP contribution >= 0.6 is 27.5 Å². The average Bonchev–Trinajstić information content (AvgIpc) is 2.39.